The molecule has 0 aliphatic heterocycles. The Bertz CT molecular complexity index is 2980. The first kappa shape index (κ1) is 56.6. The second kappa shape index (κ2) is 23.5. The lowest BCUT2D eigenvalue weighted by Gasteiger charge is -2.30. The number of benzene rings is 4. The third kappa shape index (κ3) is 14.2. The third-order valence-electron chi connectivity index (χ3n) is 13.6. The van der Waals surface area contributed by atoms with Gasteiger partial charge in [-0.2, -0.15) is 16.8 Å². The number of aryl methyl sites for hydroxylation is 4. The highest BCUT2D eigenvalue weighted by Crippen LogP contribution is 2.38. The highest BCUT2D eigenvalue weighted by Gasteiger charge is 2.26. The van der Waals surface area contributed by atoms with Crippen molar-refractivity contribution in [2.75, 3.05) is 18.4 Å². The zero-order valence-electron chi connectivity index (χ0n) is 44.1. The number of hydrogen-bond acceptors (Lipinski definition) is 10. The third-order valence-corrected chi connectivity index (χ3v) is 15.3. The molecule has 0 saturated heterocycles. The van der Waals surface area contributed by atoms with Crippen molar-refractivity contribution in [3.63, 3.8) is 0 Å². The van der Waals surface area contributed by atoms with Crippen LogP contribution in [0.25, 0.3) is 5.57 Å². The summed E-state index contributed by atoms with van der Waals surface area (Å²) in [6.07, 6.45) is 8.63. The summed E-state index contributed by atoms with van der Waals surface area (Å²) >= 11 is 0. The molecule has 1 aliphatic carbocycles. The van der Waals surface area contributed by atoms with Gasteiger partial charge in [0.15, 0.2) is 0 Å². The van der Waals surface area contributed by atoms with Crippen molar-refractivity contribution in [3.05, 3.63) is 140 Å². The van der Waals surface area contributed by atoms with Crippen LogP contribution in [-0.4, -0.2) is 90.3 Å². The lowest BCUT2D eigenvalue weighted by Crippen LogP contribution is -2.38. The van der Waals surface area contributed by atoms with Gasteiger partial charge in [0.1, 0.15) is 16.5 Å². The number of carbonyl (C=O) groups excluding carboxylic acids is 2. The van der Waals surface area contributed by atoms with E-state index in [4.69, 9.17) is 4.99 Å². The number of nitrogens with one attached hydrogen (secondary N) is 1. The molecule has 0 radical (unpaired) electrons. The Balaban J connectivity index is 1.53. The first-order chi connectivity index (χ1) is 33.1. The Kier molecular flexibility index (Phi) is 18.7. The molecule has 12 nitrogen and oxygen atoms in total. The molecule has 0 fully saturated rings. The number of Topliss-reactive ketones (excluding diaryl/α,β-unsaturated/α-hetero) is 2. The predicted octanol–water partition coefficient (Wildman–Crippen LogP) is 11.7. The van der Waals surface area contributed by atoms with Gasteiger partial charge < -0.3 is 5.32 Å². The van der Waals surface area contributed by atoms with E-state index < -0.39 is 30.0 Å². The number of hydrogen-bond donors (Lipinski definition) is 3. The van der Waals surface area contributed by atoms with Gasteiger partial charge in [0, 0.05) is 79.9 Å². The Morgan fingerprint density at radius 1 is 0.592 bits per heavy atom. The minimum atomic E-state index is -5.04. The highest BCUT2D eigenvalue weighted by molar-refractivity contribution is 7.86. The fourth-order valence-corrected chi connectivity index (χ4v) is 11.2. The van der Waals surface area contributed by atoms with Crippen LogP contribution in [0.15, 0.2) is 99.3 Å². The summed E-state index contributed by atoms with van der Waals surface area (Å²) < 4.78 is 70.8. The van der Waals surface area contributed by atoms with Crippen molar-refractivity contribution in [1.82, 2.24) is 9.80 Å². The maximum absolute atomic E-state index is 13.4. The quantitative estimate of drug-likeness (QED) is 0.0678. The second-order valence-corrected chi connectivity index (χ2v) is 22.9. The molecule has 4 aromatic rings. The van der Waals surface area contributed by atoms with Crippen LogP contribution in [0.2, 0.25) is 0 Å². The van der Waals surface area contributed by atoms with E-state index >= 15 is 0 Å². The van der Waals surface area contributed by atoms with E-state index in [2.05, 4.69) is 76.6 Å². The lowest BCUT2D eigenvalue weighted by atomic mass is 9.90. The van der Waals surface area contributed by atoms with Gasteiger partial charge in [-0.05, 0) is 195 Å². The van der Waals surface area contributed by atoms with Crippen LogP contribution < -0.4 is 5.32 Å². The first-order valence-electron chi connectivity index (χ1n) is 24.5. The fourth-order valence-electron chi connectivity index (χ4n) is 9.91. The zero-order chi connectivity index (χ0) is 52.9. The van der Waals surface area contributed by atoms with Gasteiger partial charge in [0.05, 0.1) is 16.3 Å². The lowest BCUT2D eigenvalue weighted by molar-refractivity contribution is -0.119. The van der Waals surface area contributed by atoms with Crippen LogP contribution in [0.4, 0.5) is 17.1 Å². The molecular formula is C57H74N4O8S2. The molecule has 0 heterocycles. The van der Waals surface area contributed by atoms with Gasteiger partial charge in [-0.25, -0.2) is 4.99 Å². The molecule has 14 heteroatoms. The summed E-state index contributed by atoms with van der Waals surface area (Å²) in [5, 5.41) is 3.55. The number of rotatable bonds is 21. The van der Waals surface area contributed by atoms with Gasteiger partial charge in [-0.15, -0.1) is 0 Å². The van der Waals surface area contributed by atoms with Crippen LogP contribution in [0, 0.1) is 41.5 Å². The molecule has 0 atom stereocenters. The normalized spacial score (nSPS) is 13.2. The number of aliphatic imine (C=N–C) groups is 1. The molecule has 0 saturated carbocycles. The molecule has 382 valence electrons. The number of nitrogens with zero attached hydrogens (tertiary/aromatic N) is 3. The number of carbonyl (C=O) groups is 2. The predicted molar refractivity (Wildman–Crippen MR) is 289 cm³/mol. The number of anilines is 2. The van der Waals surface area contributed by atoms with Crippen molar-refractivity contribution in [2.45, 2.75) is 157 Å². The van der Waals surface area contributed by atoms with E-state index in [9.17, 15) is 35.5 Å². The molecule has 0 amide bonds. The molecule has 0 aromatic heterocycles. The van der Waals surface area contributed by atoms with Gasteiger partial charge in [0.2, 0.25) is 0 Å². The summed E-state index contributed by atoms with van der Waals surface area (Å²) in [5.74, 6) is 0.329. The van der Waals surface area contributed by atoms with Crippen molar-refractivity contribution >= 4 is 60.1 Å². The van der Waals surface area contributed by atoms with Crippen LogP contribution >= 0.6 is 0 Å². The average Bonchev–Trinajstić information content (AvgIpc) is 3.27. The summed E-state index contributed by atoms with van der Waals surface area (Å²) in [6, 6.07) is 15.8. The molecule has 5 rings (SSSR count). The SMILES string of the molecule is Cc1cc(C)c(N=C2C=CC(=C(c3ccc(Nc4c(C)cc(C)c(CC(=O)CCN(C(C)C)C(C)C)c4C)cc3)c3ccc(S(=O)(=O)O)cc3S(=O)(=O)O)C=C2)c(C)c1CC(=O)CCN(C(C)C)C(C)C. The van der Waals surface area contributed by atoms with Gasteiger partial charge in [-0.3, -0.25) is 28.5 Å². The van der Waals surface area contributed by atoms with Crippen molar-refractivity contribution in [1.29, 1.82) is 0 Å². The van der Waals surface area contributed by atoms with Crippen LogP contribution in [-0.2, 0) is 42.7 Å². The maximum Gasteiger partial charge on any atom is 0.295 e. The second-order valence-electron chi connectivity index (χ2n) is 20.1. The van der Waals surface area contributed by atoms with Crippen molar-refractivity contribution in [2.24, 2.45) is 4.99 Å². The van der Waals surface area contributed by atoms with E-state index in [1.54, 1.807) is 36.4 Å². The number of allylic oxidation sites excluding steroid dienone is 5. The Morgan fingerprint density at radius 3 is 1.54 bits per heavy atom. The molecule has 1 aliphatic rings. The minimum Gasteiger partial charge on any atom is -0.355 e. The summed E-state index contributed by atoms with van der Waals surface area (Å²) in [5.41, 5.74) is 12.2. The Labute approximate surface area is 423 Å². The highest BCUT2D eigenvalue weighted by atomic mass is 32.2. The molecule has 4 aromatic carbocycles. The minimum absolute atomic E-state index is 0.000758. The summed E-state index contributed by atoms with van der Waals surface area (Å²) in [4.78, 5) is 35.1. The maximum atomic E-state index is 13.4. The van der Waals surface area contributed by atoms with Gasteiger partial charge >= 0.3 is 0 Å². The molecule has 0 bridgehead atoms. The topological polar surface area (TPSA) is 174 Å². The van der Waals surface area contributed by atoms with Crippen LogP contribution in [0.5, 0.6) is 0 Å². The number of ketones is 2. The molecule has 3 N–H and O–H groups in total. The summed E-state index contributed by atoms with van der Waals surface area (Å²) in [6.45, 7) is 30.5. The largest absolute Gasteiger partial charge is 0.355 e. The van der Waals surface area contributed by atoms with Crippen molar-refractivity contribution < 1.29 is 35.5 Å². The van der Waals surface area contributed by atoms with Gasteiger partial charge in [-0.1, -0.05) is 42.5 Å². The van der Waals surface area contributed by atoms with E-state index in [0.29, 0.717) is 91.0 Å². The van der Waals surface area contributed by atoms with E-state index in [0.717, 1.165) is 68.0 Å². The monoisotopic (exact) mass is 1010 g/mol. The van der Waals surface area contributed by atoms with Crippen LogP contribution in [0.3, 0.4) is 0 Å². The molecule has 71 heavy (non-hydrogen) atoms. The Morgan fingerprint density at radius 2 is 1.07 bits per heavy atom. The van der Waals surface area contributed by atoms with Crippen LogP contribution in [0.1, 0.15) is 124 Å². The average molecular weight is 1010 g/mol. The zero-order valence-corrected chi connectivity index (χ0v) is 45.7. The summed E-state index contributed by atoms with van der Waals surface area (Å²) in [7, 11) is -9.88. The standard InChI is InChI=1S/C57H74N4O8S2/c1-34(2)60(35(3)4)27-25-48(62)31-52-38(9)29-40(11)56(42(52)13)58-46-19-15-44(16-20-46)55(51-24-23-50(70(64,65)66)33-54(51)71(67,68)69)45-17-21-47(22-18-45)59-57-41(12)30-39(10)53(43(57)14)32-49(63)26-28-61(36(5)6)37(7)8/h15-24,29-30,33-37,58H,25-28,31-32H2,1-14H3,(H,64,65,66)(H,67,68,69). The first-order valence-corrected chi connectivity index (χ1v) is 27.4. The molecule has 0 spiro atoms. The fraction of sp³-hybridized carbons (Fsp3) is 0.421. The molecule has 0 unspecified atom stereocenters. The van der Waals surface area contributed by atoms with E-state index in [-0.39, 0.29) is 17.1 Å². The van der Waals surface area contributed by atoms with Gasteiger partial charge in [0.25, 0.3) is 20.2 Å². The Hall–Kier alpha value is -5.35. The van der Waals surface area contributed by atoms with E-state index in [1.807, 2.05) is 59.7 Å². The van der Waals surface area contributed by atoms with Crippen molar-refractivity contribution in [3.8, 4) is 0 Å². The smallest absolute Gasteiger partial charge is 0.295 e. The van der Waals surface area contributed by atoms with E-state index in [1.165, 1.54) is 6.07 Å². The molecular weight excluding hydrogens is 933 g/mol.